The number of pyridine rings is 1. The molecular formula is C22H21ClN2O2. The Kier molecular flexibility index (Phi) is 5.77. The maximum absolute atomic E-state index is 13.0. The van der Waals surface area contributed by atoms with Crippen molar-refractivity contribution in [2.24, 2.45) is 0 Å². The van der Waals surface area contributed by atoms with Gasteiger partial charge in [0.05, 0.1) is 16.4 Å². The summed E-state index contributed by atoms with van der Waals surface area (Å²) >= 11 is 6.25. The Balaban J connectivity index is 1.90. The van der Waals surface area contributed by atoms with Gasteiger partial charge in [0.2, 0.25) is 0 Å². The van der Waals surface area contributed by atoms with Crippen molar-refractivity contribution in [1.29, 1.82) is 0 Å². The molecule has 5 heteroatoms. The van der Waals surface area contributed by atoms with Gasteiger partial charge in [-0.25, -0.2) is 0 Å². The number of carbonyl (C=O) groups excluding carboxylic acids is 1. The third-order valence-corrected chi connectivity index (χ3v) is 4.53. The average molecular weight is 381 g/mol. The van der Waals surface area contributed by atoms with Gasteiger partial charge in [0.15, 0.2) is 0 Å². The lowest BCUT2D eigenvalue weighted by Gasteiger charge is -2.16. The lowest BCUT2D eigenvalue weighted by atomic mass is 10.1. The highest BCUT2D eigenvalue weighted by Crippen LogP contribution is 2.29. The third-order valence-electron chi connectivity index (χ3n) is 4.22. The molecule has 0 atom stereocenters. The topological polar surface area (TPSA) is 51.2 Å². The number of anilines is 1. The molecule has 3 aromatic rings. The Bertz CT molecular complexity index is 951. The van der Waals surface area contributed by atoms with Crippen LogP contribution in [0.3, 0.4) is 0 Å². The van der Waals surface area contributed by atoms with Gasteiger partial charge in [-0.2, -0.15) is 0 Å². The van der Waals surface area contributed by atoms with Gasteiger partial charge in [0.1, 0.15) is 17.9 Å². The third kappa shape index (κ3) is 4.47. The molecule has 2 aromatic carbocycles. The molecule has 138 valence electrons. The Labute approximate surface area is 164 Å². The molecule has 1 heterocycles. The van der Waals surface area contributed by atoms with Gasteiger partial charge in [0, 0.05) is 11.8 Å². The molecule has 0 bridgehead atoms. The summed E-state index contributed by atoms with van der Waals surface area (Å²) in [5, 5.41) is 3.40. The van der Waals surface area contributed by atoms with Crippen molar-refractivity contribution >= 4 is 23.2 Å². The van der Waals surface area contributed by atoms with E-state index in [1.807, 2.05) is 56.3 Å². The highest BCUT2D eigenvalue weighted by Gasteiger charge is 2.19. The first-order valence-electron chi connectivity index (χ1n) is 8.67. The summed E-state index contributed by atoms with van der Waals surface area (Å²) in [4.78, 5) is 17.4. The van der Waals surface area contributed by atoms with E-state index in [2.05, 4.69) is 10.3 Å². The molecule has 4 nitrogen and oxygen atoms in total. The molecule has 0 aliphatic heterocycles. The molecule has 0 aliphatic carbocycles. The summed E-state index contributed by atoms with van der Waals surface area (Å²) in [5.74, 6) is 0.213. The minimum absolute atomic E-state index is 0.292. The van der Waals surface area contributed by atoms with Crippen molar-refractivity contribution < 1.29 is 9.53 Å². The number of hydrogen-bond acceptors (Lipinski definition) is 3. The average Bonchev–Trinajstić information content (AvgIpc) is 2.63. The van der Waals surface area contributed by atoms with Crippen molar-refractivity contribution in [2.45, 2.75) is 27.4 Å². The lowest BCUT2D eigenvalue weighted by Crippen LogP contribution is -2.17. The number of halogens is 1. The zero-order chi connectivity index (χ0) is 19.4. The molecule has 0 aliphatic rings. The van der Waals surface area contributed by atoms with Crippen LogP contribution >= 0.6 is 11.6 Å². The van der Waals surface area contributed by atoms with Crippen LogP contribution < -0.4 is 10.1 Å². The van der Waals surface area contributed by atoms with Crippen molar-refractivity contribution in [1.82, 2.24) is 4.98 Å². The van der Waals surface area contributed by atoms with Crippen LogP contribution in [-0.2, 0) is 6.61 Å². The van der Waals surface area contributed by atoms with Gasteiger partial charge in [-0.15, -0.1) is 0 Å². The molecule has 0 spiro atoms. The van der Waals surface area contributed by atoms with Crippen LogP contribution in [0.4, 0.5) is 5.69 Å². The van der Waals surface area contributed by atoms with E-state index in [1.54, 1.807) is 19.1 Å². The molecule has 0 fully saturated rings. The van der Waals surface area contributed by atoms with E-state index in [-0.39, 0.29) is 5.91 Å². The van der Waals surface area contributed by atoms with Crippen LogP contribution in [0.1, 0.15) is 32.9 Å². The maximum atomic E-state index is 13.0. The van der Waals surface area contributed by atoms with E-state index in [0.717, 1.165) is 16.8 Å². The second-order valence-corrected chi connectivity index (χ2v) is 6.79. The van der Waals surface area contributed by atoms with Crippen LogP contribution in [0, 0.1) is 20.8 Å². The minimum atomic E-state index is -0.292. The highest BCUT2D eigenvalue weighted by molar-refractivity contribution is 6.34. The summed E-state index contributed by atoms with van der Waals surface area (Å²) < 4.78 is 5.97. The molecular weight excluding hydrogens is 360 g/mol. The summed E-state index contributed by atoms with van der Waals surface area (Å²) in [6.45, 7) is 5.95. The molecule has 0 radical (unpaired) electrons. The van der Waals surface area contributed by atoms with Crippen molar-refractivity contribution in [2.75, 3.05) is 5.32 Å². The Hall–Kier alpha value is -2.85. The van der Waals surface area contributed by atoms with Gasteiger partial charge in [-0.05, 0) is 38.0 Å². The van der Waals surface area contributed by atoms with Gasteiger partial charge in [-0.3, -0.25) is 9.78 Å². The molecule has 1 aromatic heterocycles. The number of nitrogens with one attached hydrogen (secondary N) is 1. The zero-order valence-corrected chi connectivity index (χ0v) is 16.3. The molecule has 1 amide bonds. The fraction of sp³-hybridized carbons (Fsp3) is 0.182. The fourth-order valence-electron chi connectivity index (χ4n) is 2.88. The first kappa shape index (κ1) is 18.9. The standard InChI is InChI=1S/C22H21ClN2O2/c1-14-8-7-11-18(23)21(14)25-22(26)20-16(3)24-15(2)12-19(20)27-13-17-9-5-4-6-10-17/h4-12H,13H2,1-3H3,(H,25,26). The van der Waals surface area contributed by atoms with E-state index < -0.39 is 0 Å². The predicted molar refractivity (Wildman–Crippen MR) is 109 cm³/mol. The first-order valence-corrected chi connectivity index (χ1v) is 9.05. The molecule has 1 N–H and O–H groups in total. The van der Waals surface area contributed by atoms with E-state index in [9.17, 15) is 4.79 Å². The number of para-hydroxylation sites is 1. The summed E-state index contributed by atoms with van der Waals surface area (Å²) in [7, 11) is 0. The summed E-state index contributed by atoms with van der Waals surface area (Å²) in [6.07, 6.45) is 0. The van der Waals surface area contributed by atoms with Gasteiger partial charge in [0.25, 0.3) is 5.91 Å². The Morgan fingerprint density at radius 3 is 2.52 bits per heavy atom. The number of amides is 1. The minimum Gasteiger partial charge on any atom is -0.488 e. The summed E-state index contributed by atoms with van der Waals surface area (Å²) in [5.41, 5.74) is 4.33. The smallest absolute Gasteiger partial charge is 0.261 e. The number of rotatable bonds is 5. The molecule has 0 saturated carbocycles. The van der Waals surface area contributed by atoms with Crippen LogP contribution in [0.2, 0.25) is 5.02 Å². The number of nitrogens with zero attached hydrogens (tertiary/aromatic N) is 1. The highest BCUT2D eigenvalue weighted by atomic mass is 35.5. The van der Waals surface area contributed by atoms with E-state index in [0.29, 0.717) is 34.3 Å². The quantitative estimate of drug-likeness (QED) is 0.636. The van der Waals surface area contributed by atoms with Crippen molar-refractivity contribution in [3.63, 3.8) is 0 Å². The number of hydrogen-bond donors (Lipinski definition) is 1. The molecule has 0 unspecified atom stereocenters. The molecule has 27 heavy (non-hydrogen) atoms. The predicted octanol–water partition coefficient (Wildman–Crippen LogP) is 5.49. The van der Waals surface area contributed by atoms with Crippen LogP contribution in [0.5, 0.6) is 5.75 Å². The molecule has 0 saturated heterocycles. The second-order valence-electron chi connectivity index (χ2n) is 6.38. The SMILES string of the molecule is Cc1cc(OCc2ccccc2)c(C(=O)Nc2c(C)cccc2Cl)c(C)n1. The van der Waals surface area contributed by atoms with Crippen molar-refractivity contribution in [3.05, 3.63) is 87.7 Å². The van der Waals surface area contributed by atoms with Crippen LogP contribution in [-0.4, -0.2) is 10.9 Å². The largest absolute Gasteiger partial charge is 0.488 e. The van der Waals surface area contributed by atoms with Gasteiger partial charge >= 0.3 is 0 Å². The van der Waals surface area contributed by atoms with Crippen LogP contribution in [0.15, 0.2) is 54.6 Å². The van der Waals surface area contributed by atoms with E-state index >= 15 is 0 Å². The molecule has 3 rings (SSSR count). The summed E-state index contributed by atoms with van der Waals surface area (Å²) in [6, 6.07) is 17.1. The first-order chi connectivity index (χ1) is 13.0. The lowest BCUT2D eigenvalue weighted by molar-refractivity contribution is 0.102. The van der Waals surface area contributed by atoms with E-state index in [1.165, 1.54) is 0 Å². The maximum Gasteiger partial charge on any atom is 0.261 e. The second kappa shape index (κ2) is 8.23. The van der Waals surface area contributed by atoms with Gasteiger partial charge < -0.3 is 10.1 Å². The van der Waals surface area contributed by atoms with Crippen LogP contribution in [0.25, 0.3) is 0 Å². The fourth-order valence-corrected chi connectivity index (χ4v) is 3.15. The Morgan fingerprint density at radius 1 is 1.07 bits per heavy atom. The number of aromatic nitrogens is 1. The van der Waals surface area contributed by atoms with Gasteiger partial charge in [-0.1, -0.05) is 54.1 Å². The normalized spacial score (nSPS) is 10.5. The number of benzene rings is 2. The zero-order valence-electron chi connectivity index (χ0n) is 15.5. The van der Waals surface area contributed by atoms with E-state index in [4.69, 9.17) is 16.3 Å². The number of carbonyl (C=O) groups is 1. The Morgan fingerprint density at radius 2 is 1.81 bits per heavy atom. The number of ether oxygens (including phenoxy) is 1. The van der Waals surface area contributed by atoms with Crippen molar-refractivity contribution in [3.8, 4) is 5.75 Å². The number of aryl methyl sites for hydroxylation is 3. The monoisotopic (exact) mass is 380 g/mol.